The summed E-state index contributed by atoms with van der Waals surface area (Å²) in [4.78, 5) is 2.44. The lowest BCUT2D eigenvalue weighted by Crippen LogP contribution is -2.16. The normalized spacial score (nSPS) is 13.1. The van der Waals surface area contributed by atoms with Gasteiger partial charge in [0.15, 0.2) is 0 Å². The minimum absolute atomic E-state index is 0.0880. The zero-order valence-corrected chi connectivity index (χ0v) is 29.4. The molecule has 9 aromatic rings. The first-order chi connectivity index (χ1) is 25.0. The first-order valence-corrected chi connectivity index (χ1v) is 18.5. The summed E-state index contributed by atoms with van der Waals surface area (Å²) in [6.07, 6.45) is 0. The van der Waals surface area contributed by atoms with Gasteiger partial charge in [0, 0.05) is 42.3 Å². The Morgan fingerprint density at radius 3 is 1.92 bits per heavy atom. The summed E-state index contributed by atoms with van der Waals surface area (Å²) in [5.74, 6) is 0. The van der Waals surface area contributed by atoms with Crippen molar-refractivity contribution in [3.05, 3.63) is 187 Å². The van der Waals surface area contributed by atoms with E-state index in [4.69, 9.17) is 0 Å². The minimum atomic E-state index is -0.0880. The molecule has 1 heterocycles. The Labute approximate surface area is 302 Å². The molecular formula is C49H35NS. The van der Waals surface area contributed by atoms with Gasteiger partial charge in [-0.25, -0.2) is 0 Å². The highest BCUT2D eigenvalue weighted by molar-refractivity contribution is 7.25. The van der Waals surface area contributed by atoms with Crippen LogP contribution in [0.3, 0.4) is 0 Å². The molecule has 0 spiro atoms. The van der Waals surface area contributed by atoms with Crippen molar-refractivity contribution in [3.8, 4) is 33.4 Å². The predicted octanol–water partition coefficient (Wildman–Crippen LogP) is 14.3. The second-order valence-corrected chi connectivity index (χ2v) is 15.2. The molecule has 1 aliphatic carbocycles. The van der Waals surface area contributed by atoms with Gasteiger partial charge in [0.2, 0.25) is 0 Å². The van der Waals surface area contributed by atoms with Gasteiger partial charge in [-0.05, 0) is 98.4 Å². The number of fused-ring (bicyclic) bond motifs is 7. The van der Waals surface area contributed by atoms with Gasteiger partial charge < -0.3 is 4.90 Å². The van der Waals surface area contributed by atoms with E-state index in [1.165, 1.54) is 81.1 Å². The molecular weight excluding hydrogens is 635 g/mol. The van der Waals surface area contributed by atoms with Gasteiger partial charge >= 0.3 is 0 Å². The van der Waals surface area contributed by atoms with Gasteiger partial charge in [0.05, 0.1) is 5.69 Å². The van der Waals surface area contributed by atoms with E-state index >= 15 is 0 Å². The van der Waals surface area contributed by atoms with Crippen LogP contribution >= 0.6 is 11.3 Å². The Bertz CT molecular complexity index is 2770. The molecule has 242 valence electrons. The van der Waals surface area contributed by atoms with Crippen LogP contribution in [0.15, 0.2) is 176 Å². The molecule has 0 saturated carbocycles. The van der Waals surface area contributed by atoms with Crippen molar-refractivity contribution in [1.29, 1.82) is 0 Å². The third kappa shape index (κ3) is 4.75. The number of nitrogens with zero attached hydrogens (tertiary/aromatic N) is 1. The minimum Gasteiger partial charge on any atom is -0.310 e. The molecule has 1 aromatic heterocycles. The van der Waals surface area contributed by atoms with Gasteiger partial charge in [0.1, 0.15) is 0 Å². The van der Waals surface area contributed by atoms with Crippen molar-refractivity contribution in [2.24, 2.45) is 0 Å². The van der Waals surface area contributed by atoms with Crippen molar-refractivity contribution in [1.82, 2.24) is 0 Å². The first kappa shape index (κ1) is 29.9. The number of anilines is 3. The maximum atomic E-state index is 2.44. The average molecular weight is 670 g/mol. The highest BCUT2D eigenvalue weighted by atomic mass is 32.1. The van der Waals surface area contributed by atoms with Crippen molar-refractivity contribution in [2.45, 2.75) is 19.3 Å². The highest BCUT2D eigenvalue weighted by Gasteiger charge is 2.35. The van der Waals surface area contributed by atoms with E-state index in [0.717, 1.165) is 11.4 Å². The van der Waals surface area contributed by atoms with Crippen molar-refractivity contribution < 1.29 is 0 Å². The van der Waals surface area contributed by atoms with Crippen LogP contribution in [0.25, 0.3) is 64.3 Å². The quantitative estimate of drug-likeness (QED) is 0.176. The lowest BCUT2D eigenvalue weighted by molar-refractivity contribution is 0.660. The number of thiophene rings is 1. The molecule has 0 radical (unpaired) electrons. The van der Waals surface area contributed by atoms with Crippen molar-refractivity contribution in [3.63, 3.8) is 0 Å². The molecule has 0 bridgehead atoms. The summed E-state index contributed by atoms with van der Waals surface area (Å²) in [6, 6.07) is 64.9. The van der Waals surface area contributed by atoms with Crippen LogP contribution in [0.2, 0.25) is 0 Å². The number of hydrogen-bond acceptors (Lipinski definition) is 2. The van der Waals surface area contributed by atoms with E-state index in [1.54, 1.807) is 0 Å². The van der Waals surface area contributed by atoms with Crippen LogP contribution in [0.4, 0.5) is 17.1 Å². The Kier molecular flexibility index (Phi) is 6.78. The monoisotopic (exact) mass is 669 g/mol. The van der Waals surface area contributed by atoms with Crippen molar-refractivity contribution in [2.75, 3.05) is 4.90 Å². The molecule has 0 aliphatic heterocycles. The lowest BCUT2D eigenvalue weighted by atomic mass is 9.82. The number of hydrogen-bond donors (Lipinski definition) is 0. The summed E-state index contributed by atoms with van der Waals surface area (Å²) in [5.41, 5.74) is 13.8. The zero-order chi connectivity index (χ0) is 34.1. The van der Waals surface area contributed by atoms with E-state index in [9.17, 15) is 0 Å². The topological polar surface area (TPSA) is 3.24 Å². The van der Waals surface area contributed by atoms with Crippen LogP contribution < -0.4 is 4.90 Å². The highest BCUT2D eigenvalue weighted by Crippen LogP contribution is 2.51. The van der Waals surface area contributed by atoms with Gasteiger partial charge in [0.25, 0.3) is 0 Å². The molecule has 0 N–H and O–H groups in total. The van der Waals surface area contributed by atoms with Gasteiger partial charge in [-0.15, -0.1) is 11.3 Å². The van der Waals surface area contributed by atoms with Crippen LogP contribution in [0.1, 0.15) is 25.0 Å². The number of rotatable bonds is 5. The largest absolute Gasteiger partial charge is 0.310 e. The molecule has 8 aromatic carbocycles. The molecule has 2 heteroatoms. The Balaban J connectivity index is 1.15. The zero-order valence-electron chi connectivity index (χ0n) is 28.6. The molecule has 10 rings (SSSR count). The Morgan fingerprint density at radius 1 is 0.412 bits per heavy atom. The summed E-state index contributed by atoms with van der Waals surface area (Å²) < 4.78 is 2.64. The van der Waals surface area contributed by atoms with Gasteiger partial charge in [-0.2, -0.15) is 0 Å². The summed E-state index contributed by atoms with van der Waals surface area (Å²) in [7, 11) is 0. The molecule has 1 nitrogen and oxygen atoms in total. The first-order valence-electron chi connectivity index (χ1n) is 17.7. The van der Waals surface area contributed by atoms with Crippen LogP contribution in [0, 0.1) is 0 Å². The smallest absolute Gasteiger partial charge is 0.0540 e. The fraction of sp³-hybridized carbons (Fsp3) is 0.0612. The maximum Gasteiger partial charge on any atom is 0.0540 e. The van der Waals surface area contributed by atoms with Gasteiger partial charge in [-0.1, -0.05) is 141 Å². The standard InChI is InChI=1S/C49H35NS/c1-49(2)44-20-10-8-18-38(44)39-28-27-36(29-45(39)49)50(46-21-12-16-32-15-6-7-17-37(32)46)35-25-23-34(24-26-35)42-31-48-43(40-19-9-11-22-47(40)51-48)30-41(42)33-13-4-3-5-14-33/h3-31H,1-2H3. The van der Waals surface area contributed by atoms with Crippen LogP contribution in [-0.4, -0.2) is 0 Å². The summed E-state index contributed by atoms with van der Waals surface area (Å²) >= 11 is 1.87. The summed E-state index contributed by atoms with van der Waals surface area (Å²) in [6.45, 7) is 4.71. The van der Waals surface area contributed by atoms with Crippen LogP contribution in [-0.2, 0) is 5.41 Å². The Hall–Kier alpha value is -5.96. The molecule has 0 saturated heterocycles. The molecule has 0 atom stereocenters. The molecule has 0 unspecified atom stereocenters. The molecule has 51 heavy (non-hydrogen) atoms. The lowest BCUT2D eigenvalue weighted by Gasteiger charge is -2.29. The average Bonchev–Trinajstić information content (AvgIpc) is 3.66. The third-order valence-corrected chi connectivity index (χ3v) is 12.0. The second kappa shape index (κ2) is 11.6. The predicted molar refractivity (Wildman–Crippen MR) is 220 cm³/mol. The fourth-order valence-electron chi connectivity index (χ4n) is 8.32. The van der Waals surface area contributed by atoms with E-state index in [2.05, 4.69) is 195 Å². The van der Waals surface area contributed by atoms with E-state index in [-0.39, 0.29) is 5.41 Å². The van der Waals surface area contributed by atoms with E-state index < -0.39 is 0 Å². The van der Waals surface area contributed by atoms with E-state index in [0.29, 0.717) is 0 Å². The molecule has 0 amide bonds. The molecule has 1 aliphatic rings. The molecule has 0 fully saturated rings. The third-order valence-electron chi connectivity index (χ3n) is 10.9. The Morgan fingerprint density at radius 2 is 1.06 bits per heavy atom. The summed E-state index contributed by atoms with van der Waals surface area (Å²) in [5, 5.41) is 5.10. The van der Waals surface area contributed by atoms with Gasteiger partial charge in [-0.3, -0.25) is 0 Å². The maximum absolute atomic E-state index is 2.44. The second-order valence-electron chi connectivity index (χ2n) is 14.1. The number of benzene rings is 8. The van der Waals surface area contributed by atoms with E-state index in [1.807, 2.05) is 11.3 Å². The fourth-order valence-corrected chi connectivity index (χ4v) is 9.45. The van der Waals surface area contributed by atoms with Crippen molar-refractivity contribution >= 4 is 59.3 Å². The SMILES string of the molecule is CC1(C)c2ccccc2-c2ccc(N(c3ccc(-c4cc5sc6ccccc6c5cc4-c4ccccc4)cc3)c3cccc4ccccc34)cc21. The van der Waals surface area contributed by atoms with Crippen LogP contribution in [0.5, 0.6) is 0 Å².